The molecule has 0 atom stereocenters. The highest BCUT2D eigenvalue weighted by molar-refractivity contribution is 7.99. The maximum atomic E-state index is 10.6. The van der Waals surface area contributed by atoms with Crippen LogP contribution in [0.2, 0.25) is 0 Å². The lowest BCUT2D eigenvalue weighted by atomic mass is 10.1. The first-order valence-corrected chi connectivity index (χ1v) is 7.03. The van der Waals surface area contributed by atoms with Crippen molar-refractivity contribution in [3.8, 4) is 5.75 Å². The summed E-state index contributed by atoms with van der Waals surface area (Å²) in [4.78, 5) is 10.6. The van der Waals surface area contributed by atoms with E-state index in [1.165, 1.54) is 11.8 Å². The van der Waals surface area contributed by atoms with Crippen LogP contribution in [0.5, 0.6) is 5.75 Å². The van der Waals surface area contributed by atoms with E-state index in [2.05, 4.69) is 10.2 Å². The maximum Gasteiger partial charge on any atom is 0.313 e. The van der Waals surface area contributed by atoms with Gasteiger partial charge in [-0.1, -0.05) is 23.9 Å². The molecule has 1 aromatic heterocycles. The third-order valence-corrected chi connectivity index (χ3v) is 3.65. The van der Waals surface area contributed by atoms with Crippen molar-refractivity contribution in [3.63, 3.8) is 0 Å². The van der Waals surface area contributed by atoms with Gasteiger partial charge in [0, 0.05) is 6.54 Å². The number of benzene rings is 1. The molecule has 20 heavy (non-hydrogen) atoms. The first-order valence-electron chi connectivity index (χ1n) is 6.04. The van der Waals surface area contributed by atoms with E-state index in [1.807, 2.05) is 28.8 Å². The van der Waals surface area contributed by atoms with Crippen molar-refractivity contribution in [3.05, 3.63) is 36.2 Å². The second kappa shape index (κ2) is 6.95. The standard InChI is InChI=1S/C13H15N3O3S/c1-19-11-4-2-3-10(7-11)5-6-16-9-14-15-13(16)20-8-12(17)18/h2-4,7,9H,5-6,8H2,1H3,(H,17,18). The number of thioether (sulfide) groups is 1. The highest BCUT2D eigenvalue weighted by Crippen LogP contribution is 2.17. The van der Waals surface area contributed by atoms with E-state index < -0.39 is 5.97 Å². The fraction of sp³-hybridized carbons (Fsp3) is 0.308. The third-order valence-electron chi connectivity index (χ3n) is 2.68. The molecule has 0 fully saturated rings. The number of carboxylic acids is 1. The van der Waals surface area contributed by atoms with E-state index in [-0.39, 0.29) is 5.75 Å². The van der Waals surface area contributed by atoms with Gasteiger partial charge in [0.1, 0.15) is 12.1 Å². The summed E-state index contributed by atoms with van der Waals surface area (Å²) < 4.78 is 7.03. The molecule has 6 nitrogen and oxygen atoms in total. The Hall–Kier alpha value is -2.02. The molecular weight excluding hydrogens is 278 g/mol. The number of aryl methyl sites for hydroxylation is 2. The lowest BCUT2D eigenvalue weighted by Gasteiger charge is -2.07. The zero-order valence-electron chi connectivity index (χ0n) is 11.0. The summed E-state index contributed by atoms with van der Waals surface area (Å²) >= 11 is 1.17. The van der Waals surface area contributed by atoms with Gasteiger partial charge in [-0.2, -0.15) is 0 Å². The molecule has 0 aliphatic rings. The van der Waals surface area contributed by atoms with E-state index >= 15 is 0 Å². The van der Waals surface area contributed by atoms with Crippen LogP contribution in [0.3, 0.4) is 0 Å². The van der Waals surface area contributed by atoms with Gasteiger partial charge in [0.05, 0.1) is 12.9 Å². The fourth-order valence-electron chi connectivity index (χ4n) is 1.71. The van der Waals surface area contributed by atoms with Gasteiger partial charge in [-0.15, -0.1) is 10.2 Å². The van der Waals surface area contributed by atoms with Crippen LogP contribution < -0.4 is 4.74 Å². The molecule has 0 aliphatic carbocycles. The molecule has 0 saturated heterocycles. The molecule has 0 radical (unpaired) electrons. The highest BCUT2D eigenvalue weighted by atomic mass is 32.2. The number of carboxylic acid groups (broad SMARTS) is 1. The monoisotopic (exact) mass is 293 g/mol. The van der Waals surface area contributed by atoms with Crippen LogP contribution in [0, 0.1) is 0 Å². The predicted octanol–water partition coefficient (Wildman–Crippen LogP) is 1.71. The smallest absolute Gasteiger partial charge is 0.313 e. The fourth-order valence-corrected chi connectivity index (χ4v) is 2.38. The number of rotatable bonds is 7. The molecule has 106 valence electrons. The quantitative estimate of drug-likeness (QED) is 0.783. The normalized spacial score (nSPS) is 10.4. The van der Waals surface area contributed by atoms with Crippen LogP contribution in [0.4, 0.5) is 0 Å². The molecular formula is C13H15N3O3S. The third kappa shape index (κ3) is 3.99. The number of aliphatic carboxylic acids is 1. The van der Waals surface area contributed by atoms with Gasteiger partial charge in [-0.3, -0.25) is 4.79 Å². The van der Waals surface area contributed by atoms with E-state index in [0.717, 1.165) is 17.7 Å². The summed E-state index contributed by atoms with van der Waals surface area (Å²) in [6.45, 7) is 0.697. The van der Waals surface area contributed by atoms with Crippen LogP contribution in [0.15, 0.2) is 35.7 Å². The number of carbonyl (C=O) groups is 1. The topological polar surface area (TPSA) is 77.2 Å². The number of nitrogens with zero attached hydrogens (tertiary/aromatic N) is 3. The summed E-state index contributed by atoms with van der Waals surface area (Å²) in [5.74, 6) is -0.0539. The Kier molecular flexibility index (Phi) is 5.00. The van der Waals surface area contributed by atoms with E-state index in [9.17, 15) is 4.79 Å². The average molecular weight is 293 g/mol. The molecule has 1 heterocycles. The molecule has 2 rings (SSSR count). The van der Waals surface area contributed by atoms with Crippen molar-refractivity contribution in [2.75, 3.05) is 12.9 Å². The lowest BCUT2D eigenvalue weighted by Crippen LogP contribution is -2.04. The Morgan fingerprint density at radius 3 is 3.10 bits per heavy atom. The zero-order valence-corrected chi connectivity index (χ0v) is 11.8. The van der Waals surface area contributed by atoms with Gasteiger partial charge >= 0.3 is 5.97 Å². The Labute approximate surface area is 120 Å². The number of ether oxygens (including phenoxy) is 1. The second-order valence-electron chi connectivity index (χ2n) is 4.09. The molecule has 1 aromatic carbocycles. The maximum absolute atomic E-state index is 10.6. The summed E-state index contributed by atoms with van der Waals surface area (Å²) in [6.07, 6.45) is 2.42. The average Bonchev–Trinajstić information content (AvgIpc) is 2.90. The molecule has 0 unspecified atom stereocenters. The number of methoxy groups -OCH3 is 1. The van der Waals surface area contributed by atoms with Gasteiger partial charge in [0.2, 0.25) is 0 Å². The molecule has 0 saturated carbocycles. The van der Waals surface area contributed by atoms with Crippen molar-refractivity contribution >= 4 is 17.7 Å². The van der Waals surface area contributed by atoms with Crippen molar-refractivity contribution in [1.82, 2.24) is 14.8 Å². The Bertz CT molecular complexity index is 586. The summed E-state index contributed by atoms with van der Waals surface area (Å²) in [6, 6.07) is 7.85. The van der Waals surface area contributed by atoms with Gasteiger partial charge in [-0.25, -0.2) is 0 Å². The van der Waals surface area contributed by atoms with E-state index in [1.54, 1.807) is 13.4 Å². The number of aromatic nitrogens is 3. The molecule has 0 spiro atoms. The number of hydrogen-bond donors (Lipinski definition) is 1. The minimum absolute atomic E-state index is 0.0160. The largest absolute Gasteiger partial charge is 0.497 e. The van der Waals surface area contributed by atoms with Crippen LogP contribution in [-0.4, -0.2) is 38.7 Å². The summed E-state index contributed by atoms with van der Waals surface area (Å²) in [5.41, 5.74) is 1.15. The Morgan fingerprint density at radius 1 is 1.50 bits per heavy atom. The molecule has 0 bridgehead atoms. The predicted molar refractivity (Wildman–Crippen MR) is 75.1 cm³/mol. The van der Waals surface area contributed by atoms with Gasteiger partial charge in [-0.05, 0) is 24.1 Å². The van der Waals surface area contributed by atoms with Crippen LogP contribution in [0.25, 0.3) is 0 Å². The molecule has 0 aliphatic heterocycles. The number of hydrogen-bond acceptors (Lipinski definition) is 5. The second-order valence-corrected chi connectivity index (χ2v) is 5.03. The Morgan fingerprint density at radius 2 is 2.35 bits per heavy atom. The molecule has 0 amide bonds. The van der Waals surface area contributed by atoms with E-state index in [4.69, 9.17) is 9.84 Å². The molecule has 1 N–H and O–H groups in total. The highest BCUT2D eigenvalue weighted by Gasteiger charge is 2.07. The van der Waals surface area contributed by atoms with Crippen molar-refractivity contribution < 1.29 is 14.6 Å². The van der Waals surface area contributed by atoms with E-state index in [0.29, 0.717) is 11.7 Å². The zero-order chi connectivity index (χ0) is 14.4. The van der Waals surface area contributed by atoms with Crippen LogP contribution >= 0.6 is 11.8 Å². The van der Waals surface area contributed by atoms with Crippen LogP contribution in [-0.2, 0) is 17.8 Å². The van der Waals surface area contributed by atoms with Crippen molar-refractivity contribution in [2.45, 2.75) is 18.1 Å². The van der Waals surface area contributed by atoms with Gasteiger partial charge in [0.25, 0.3) is 0 Å². The van der Waals surface area contributed by atoms with Crippen LogP contribution in [0.1, 0.15) is 5.56 Å². The minimum atomic E-state index is -0.864. The van der Waals surface area contributed by atoms with Gasteiger partial charge in [0.15, 0.2) is 5.16 Å². The van der Waals surface area contributed by atoms with Crippen molar-refractivity contribution in [1.29, 1.82) is 0 Å². The lowest BCUT2D eigenvalue weighted by molar-refractivity contribution is -0.133. The molecule has 2 aromatic rings. The first-order chi connectivity index (χ1) is 9.69. The Balaban J connectivity index is 1.96. The summed E-state index contributed by atoms with van der Waals surface area (Å²) in [7, 11) is 1.64. The first kappa shape index (κ1) is 14.4. The minimum Gasteiger partial charge on any atom is -0.497 e. The molecule has 7 heteroatoms. The van der Waals surface area contributed by atoms with Gasteiger partial charge < -0.3 is 14.4 Å². The SMILES string of the molecule is COc1cccc(CCn2cnnc2SCC(=O)O)c1. The summed E-state index contributed by atoms with van der Waals surface area (Å²) in [5, 5.41) is 17.0. The van der Waals surface area contributed by atoms with Crippen molar-refractivity contribution in [2.24, 2.45) is 0 Å².